The van der Waals surface area contributed by atoms with Gasteiger partial charge in [0.25, 0.3) is 0 Å². The molecule has 0 atom stereocenters. The summed E-state index contributed by atoms with van der Waals surface area (Å²) in [4.78, 5) is 10.7. The maximum Gasteiger partial charge on any atom is 0.416 e. The summed E-state index contributed by atoms with van der Waals surface area (Å²) in [6.07, 6.45) is -4.65. The molecule has 0 aliphatic carbocycles. The molecule has 0 unspecified atom stereocenters. The second-order valence-corrected chi connectivity index (χ2v) is 6.14. The topological polar surface area (TPSA) is 63.7 Å². The van der Waals surface area contributed by atoms with E-state index in [2.05, 4.69) is 4.74 Å². The average molecular weight is 325 g/mol. The Kier molecular flexibility index (Phi) is 5.35. The van der Waals surface area contributed by atoms with Gasteiger partial charge in [-0.3, -0.25) is 4.79 Å². The van der Waals surface area contributed by atoms with Crippen LogP contribution in [0.3, 0.4) is 0 Å². The lowest BCUT2D eigenvalue weighted by Crippen LogP contribution is -2.33. The summed E-state index contributed by atoms with van der Waals surface area (Å²) in [5.41, 5.74) is -1.08. The maximum atomic E-state index is 12.6. The van der Waals surface area contributed by atoms with Crippen molar-refractivity contribution in [2.24, 2.45) is 0 Å². The van der Waals surface area contributed by atoms with Crippen LogP contribution in [0.15, 0.2) is 29.2 Å². The van der Waals surface area contributed by atoms with Crippen molar-refractivity contribution >= 4 is 16.0 Å². The van der Waals surface area contributed by atoms with Crippen LogP contribution in [-0.2, 0) is 25.7 Å². The van der Waals surface area contributed by atoms with E-state index in [1.807, 2.05) is 0 Å². The number of carbonyl (C=O) groups excluding carboxylic acids is 1. The van der Waals surface area contributed by atoms with E-state index in [-0.39, 0.29) is 6.61 Å². The molecule has 0 aromatic heterocycles. The number of halogens is 3. The Hall–Kier alpha value is -1.61. The van der Waals surface area contributed by atoms with Crippen molar-refractivity contribution in [3.05, 3.63) is 29.8 Å². The summed E-state index contributed by atoms with van der Waals surface area (Å²) >= 11 is 0. The van der Waals surface area contributed by atoms with Crippen molar-refractivity contribution in [2.45, 2.75) is 18.0 Å². The molecule has 0 saturated heterocycles. The first-order valence-corrected chi connectivity index (χ1v) is 7.32. The minimum absolute atomic E-state index is 0.0796. The van der Waals surface area contributed by atoms with E-state index in [9.17, 15) is 26.4 Å². The first kappa shape index (κ1) is 17.4. The fraction of sp³-hybridized carbons (Fsp3) is 0.417. The lowest BCUT2D eigenvalue weighted by Gasteiger charge is -2.17. The van der Waals surface area contributed by atoms with Gasteiger partial charge in [-0.1, -0.05) is 6.07 Å². The molecule has 1 aromatic rings. The van der Waals surface area contributed by atoms with Gasteiger partial charge in [-0.25, -0.2) is 8.42 Å². The number of rotatable bonds is 5. The molecule has 1 aromatic carbocycles. The van der Waals surface area contributed by atoms with Crippen molar-refractivity contribution in [2.75, 3.05) is 20.2 Å². The van der Waals surface area contributed by atoms with Gasteiger partial charge < -0.3 is 4.74 Å². The lowest BCUT2D eigenvalue weighted by atomic mass is 10.2. The molecule has 0 aliphatic rings. The summed E-state index contributed by atoms with van der Waals surface area (Å²) in [5, 5.41) is 0. The number of nitrogens with zero attached hydrogens (tertiary/aromatic N) is 1. The molecule has 0 N–H and O–H groups in total. The molecule has 0 heterocycles. The molecule has 0 aliphatic heterocycles. The number of esters is 1. The zero-order valence-electron chi connectivity index (χ0n) is 11.3. The standard InChI is InChI=1S/C12H14F3NO4S/c1-3-20-11(17)8-16(2)21(18,19)10-6-4-5-9(7-10)12(13,14)15/h4-7H,3,8H2,1-2H3. The Morgan fingerprint density at radius 1 is 1.33 bits per heavy atom. The van der Waals surface area contributed by atoms with E-state index in [1.165, 1.54) is 0 Å². The van der Waals surface area contributed by atoms with Crippen molar-refractivity contribution in [1.29, 1.82) is 0 Å². The Balaban J connectivity index is 3.05. The zero-order valence-corrected chi connectivity index (χ0v) is 12.2. The van der Waals surface area contributed by atoms with E-state index in [0.717, 1.165) is 25.2 Å². The molecule has 118 valence electrons. The van der Waals surface area contributed by atoms with Gasteiger partial charge in [-0.15, -0.1) is 0 Å². The predicted molar refractivity (Wildman–Crippen MR) is 67.9 cm³/mol. The van der Waals surface area contributed by atoms with Crippen LogP contribution in [0.1, 0.15) is 12.5 Å². The second-order valence-electron chi connectivity index (χ2n) is 4.09. The van der Waals surface area contributed by atoms with Crippen LogP contribution in [-0.4, -0.2) is 38.9 Å². The fourth-order valence-electron chi connectivity index (χ4n) is 1.49. The maximum absolute atomic E-state index is 12.6. The Morgan fingerprint density at radius 3 is 2.48 bits per heavy atom. The summed E-state index contributed by atoms with van der Waals surface area (Å²) in [6, 6.07) is 3.32. The Bertz CT molecular complexity index is 613. The van der Waals surface area contributed by atoms with Crippen LogP contribution in [0.2, 0.25) is 0 Å². The fourth-order valence-corrected chi connectivity index (χ4v) is 2.65. The van der Waals surface area contributed by atoms with Crippen molar-refractivity contribution in [1.82, 2.24) is 4.31 Å². The van der Waals surface area contributed by atoms with Gasteiger partial charge in [0.05, 0.1) is 17.1 Å². The van der Waals surface area contributed by atoms with Gasteiger partial charge in [0.2, 0.25) is 10.0 Å². The predicted octanol–water partition coefficient (Wildman–Crippen LogP) is 1.89. The number of ether oxygens (including phenoxy) is 1. The normalized spacial score (nSPS) is 12.5. The van der Waals surface area contributed by atoms with Gasteiger partial charge in [0, 0.05) is 7.05 Å². The molecular weight excluding hydrogens is 311 g/mol. The SMILES string of the molecule is CCOC(=O)CN(C)S(=O)(=O)c1cccc(C(F)(F)F)c1. The minimum Gasteiger partial charge on any atom is -0.465 e. The zero-order chi connectivity index (χ0) is 16.3. The van der Waals surface area contributed by atoms with E-state index in [4.69, 9.17) is 0 Å². The largest absolute Gasteiger partial charge is 0.465 e. The molecule has 1 rings (SSSR count). The van der Waals surface area contributed by atoms with Crippen molar-refractivity contribution < 1.29 is 31.1 Å². The molecule has 5 nitrogen and oxygen atoms in total. The second kappa shape index (κ2) is 6.44. The van der Waals surface area contributed by atoms with Gasteiger partial charge in [0.15, 0.2) is 0 Å². The summed E-state index contributed by atoms with van der Waals surface area (Å²) < 4.78 is 67.2. The van der Waals surface area contributed by atoms with Gasteiger partial charge in [0.1, 0.15) is 6.54 Å². The third-order valence-electron chi connectivity index (χ3n) is 2.53. The van der Waals surface area contributed by atoms with E-state index in [1.54, 1.807) is 6.92 Å². The molecule has 0 fully saturated rings. The number of carbonyl (C=O) groups is 1. The van der Waals surface area contributed by atoms with Gasteiger partial charge >= 0.3 is 12.1 Å². The number of likely N-dealkylation sites (N-methyl/N-ethyl adjacent to an activating group) is 1. The molecule has 0 bridgehead atoms. The van der Waals surface area contributed by atoms with Crippen LogP contribution in [0.4, 0.5) is 13.2 Å². The van der Waals surface area contributed by atoms with Crippen LogP contribution < -0.4 is 0 Å². The molecule has 0 spiro atoms. The van der Waals surface area contributed by atoms with E-state index in [0.29, 0.717) is 10.4 Å². The van der Waals surface area contributed by atoms with E-state index < -0.39 is 39.2 Å². The summed E-state index contributed by atoms with van der Waals surface area (Å²) in [7, 11) is -3.11. The van der Waals surface area contributed by atoms with Crippen molar-refractivity contribution in [3.63, 3.8) is 0 Å². The van der Waals surface area contributed by atoms with Crippen LogP contribution in [0, 0.1) is 0 Å². The average Bonchev–Trinajstić information content (AvgIpc) is 2.38. The van der Waals surface area contributed by atoms with Crippen LogP contribution in [0.25, 0.3) is 0 Å². The Morgan fingerprint density at radius 2 is 1.95 bits per heavy atom. The monoisotopic (exact) mass is 325 g/mol. The highest BCUT2D eigenvalue weighted by Gasteiger charge is 2.32. The van der Waals surface area contributed by atoms with Crippen molar-refractivity contribution in [3.8, 4) is 0 Å². The number of benzene rings is 1. The summed E-state index contributed by atoms with van der Waals surface area (Å²) in [5.74, 6) is -0.782. The number of sulfonamides is 1. The third-order valence-corrected chi connectivity index (χ3v) is 4.33. The highest BCUT2D eigenvalue weighted by molar-refractivity contribution is 7.89. The first-order chi connectivity index (χ1) is 9.59. The van der Waals surface area contributed by atoms with Gasteiger partial charge in [-0.2, -0.15) is 17.5 Å². The third kappa shape index (κ3) is 4.43. The van der Waals surface area contributed by atoms with Crippen LogP contribution >= 0.6 is 0 Å². The number of hydrogen-bond acceptors (Lipinski definition) is 4. The molecule has 9 heteroatoms. The molecule has 21 heavy (non-hydrogen) atoms. The quantitative estimate of drug-likeness (QED) is 0.776. The highest BCUT2D eigenvalue weighted by atomic mass is 32.2. The Labute approximate surface area is 120 Å². The molecule has 0 amide bonds. The highest BCUT2D eigenvalue weighted by Crippen LogP contribution is 2.30. The smallest absolute Gasteiger partial charge is 0.416 e. The number of hydrogen-bond donors (Lipinski definition) is 0. The minimum atomic E-state index is -4.65. The van der Waals surface area contributed by atoms with E-state index >= 15 is 0 Å². The molecular formula is C12H14F3NO4S. The summed E-state index contributed by atoms with van der Waals surface area (Å²) in [6.45, 7) is 1.06. The molecule has 0 saturated carbocycles. The first-order valence-electron chi connectivity index (χ1n) is 5.88. The molecule has 0 radical (unpaired) electrons. The lowest BCUT2D eigenvalue weighted by molar-refractivity contribution is -0.143. The number of alkyl halides is 3. The van der Waals surface area contributed by atoms with Crippen LogP contribution in [0.5, 0.6) is 0 Å². The van der Waals surface area contributed by atoms with Gasteiger partial charge in [-0.05, 0) is 25.1 Å².